The van der Waals surface area contributed by atoms with Crippen LogP contribution in [0.1, 0.15) is 28.4 Å². The molecule has 344 valence electrons. The molecular formula is C36H36BF2N13O11P2S. The van der Waals surface area contributed by atoms with E-state index in [-0.39, 0.29) is 64.2 Å². The zero-order chi connectivity index (χ0) is 46.2. The first kappa shape index (κ1) is 45.4. The monoisotopic (exact) mass is 969 g/mol. The van der Waals surface area contributed by atoms with Gasteiger partial charge in [-0.1, -0.05) is 17.2 Å². The first-order valence-electron chi connectivity index (χ1n) is 19.8. The minimum absolute atomic E-state index is 0.0281. The van der Waals surface area contributed by atoms with Crippen LogP contribution in [0.3, 0.4) is 0 Å². The van der Waals surface area contributed by atoms with Crippen LogP contribution in [0.2, 0.25) is 0 Å². The molecule has 3 saturated heterocycles. The fourth-order valence-electron chi connectivity index (χ4n) is 7.25. The molecule has 24 nitrogen and oxygen atoms in total. The van der Waals surface area contributed by atoms with Crippen molar-refractivity contribution in [3.63, 3.8) is 0 Å². The number of azide groups is 1. The molecule has 10 atom stereocenters. The number of carbonyl (C=O) groups excluding carboxylic acids is 1. The molecule has 3 fully saturated rings. The van der Waals surface area contributed by atoms with E-state index in [0.29, 0.717) is 22.7 Å². The first-order chi connectivity index (χ1) is 31.8. The standard InChI is InChI=1S/C36H36BF2N13O11P2S/c37-64(54)57-11-22-29(25(39)35(60-22)52-17-48-27-31(41)44-15-46-33(27)52)63-65(55,58-12-23-28(62-64)24(38)34(61-23)51-16-47-26-30(40)43-14-45-32(26)51)66-13-18-1-5-21(6-2-18)59-36(53)19-3-7-20(8-4-19)56-10-9-49-50-42/h1-8,14-17,22-25,28-29,34-35H,9-13,37H2,(H2,40,43,45)(H2,41,44,46)/t22-,23-,24-,25-,28-,29-,34-,35-,64+,65+/m1/s1. The van der Waals surface area contributed by atoms with E-state index in [9.17, 15) is 13.9 Å². The van der Waals surface area contributed by atoms with Gasteiger partial charge in [0, 0.05) is 10.7 Å². The Morgan fingerprint density at radius 1 is 0.833 bits per heavy atom. The van der Waals surface area contributed by atoms with Crippen LogP contribution in [-0.2, 0) is 42.5 Å². The van der Waals surface area contributed by atoms with Crippen molar-refractivity contribution in [2.24, 2.45) is 5.11 Å². The molecule has 7 heterocycles. The molecule has 0 radical (unpaired) electrons. The second kappa shape index (κ2) is 18.8. The Morgan fingerprint density at radius 3 is 1.98 bits per heavy atom. The minimum atomic E-state index is -4.54. The molecule has 9 rings (SSSR count). The van der Waals surface area contributed by atoms with E-state index in [1.165, 1.54) is 46.1 Å². The summed E-state index contributed by atoms with van der Waals surface area (Å²) in [6.07, 6.45) is -8.44. The van der Waals surface area contributed by atoms with Crippen molar-refractivity contribution in [2.45, 2.75) is 55.0 Å². The average molecular weight is 970 g/mol. The summed E-state index contributed by atoms with van der Waals surface area (Å²) in [6.45, 7) is -5.55. The second-order valence-electron chi connectivity index (χ2n) is 14.8. The zero-order valence-corrected chi connectivity index (χ0v) is 36.8. The van der Waals surface area contributed by atoms with Crippen LogP contribution in [0.5, 0.6) is 11.5 Å². The van der Waals surface area contributed by atoms with Crippen molar-refractivity contribution in [1.82, 2.24) is 39.0 Å². The Hall–Kier alpha value is -5.79. The van der Waals surface area contributed by atoms with Gasteiger partial charge in [-0.15, -0.1) is 0 Å². The van der Waals surface area contributed by atoms with Crippen molar-refractivity contribution in [3.05, 3.63) is 95.4 Å². The van der Waals surface area contributed by atoms with Crippen molar-refractivity contribution in [1.29, 1.82) is 0 Å². The highest BCUT2D eigenvalue weighted by Crippen LogP contribution is 2.65. The van der Waals surface area contributed by atoms with Gasteiger partial charge in [0.1, 0.15) is 59.6 Å². The number of esters is 1. The summed E-state index contributed by atoms with van der Waals surface area (Å²) < 4.78 is 112. The van der Waals surface area contributed by atoms with Gasteiger partial charge in [-0.25, -0.2) is 48.0 Å². The van der Waals surface area contributed by atoms with Gasteiger partial charge in [0.15, 0.2) is 47.7 Å². The van der Waals surface area contributed by atoms with E-state index in [2.05, 4.69) is 39.9 Å². The topological polar surface area (TPSA) is 313 Å². The molecule has 0 amide bonds. The van der Waals surface area contributed by atoms with E-state index < -0.39 is 82.7 Å². The zero-order valence-electron chi connectivity index (χ0n) is 34.2. The van der Waals surface area contributed by atoms with Crippen molar-refractivity contribution >= 4 is 73.2 Å². The number of benzene rings is 2. The number of rotatable bonds is 11. The first-order valence-corrected chi connectivity index (χ1v) is 24.9. The summed E-state index contributed by atoms with van der Waals surface area (Å²) >= 11 is 0.678. The third-order valence-corrected chi connectivity index (χ3v) is 15.3. The molecule has 0 unspecified atom stereocenters. The predicted octanol–water partition coefficient (Wildman–Crippen LogP) is 4.81. The number of hydrogen-bond acceptors (Lipinski definition) is 21. The van der Waals surface area contributed by atoms with Gasteiger partial charge in [-0.2, -0.15) is 0 Å². The van der Waals surface area contributed by atoms with Crippen molar-refractivity contribution in [2.75, 3.05) is 37.8 Å². The minimum Gasteiger partial charge on any atom is -0.493 e. The number of anilines is 2. The van der Waals surface area contributed by atoms with Crippen LogP contribution in [-0.4, -0.2) is 116 Å². The second-order valence-corrected chi connectivity index (χ2v) is 20.8. The molecule has 0 aliphatic carbocycles. The van der Waals surface area contributed by atoms with Crippen LogP contribution in [0.25, 0.3) is 32.8 Å². The predicted molar refractivity (Wildman–Crippen MR) is 231 cm³/mol. The lowest BCUT2D eigenvalue weighted by Crippen LogP contribution is -2.37. The summed E-state index contributed by atoms with van der Waals surface area (Å²) in [5.41, 5.74) is 21.7. The van der Waals surface area contributed by atoms with Crippen LogP contribution >= 0.6 is 25.7 Å². The van der Waals surface area contributed by atoms with Gasteiger partial charge in [0.25, 0.3) is 15.0 Å². The Bertz CT molecular complexity index is 2900. The average Bonchev–Trinajstić information content (AvgIpc) is 4.08. The third-order valence-electron chi connectivity index (χ3n) is 10.4. The molecule has 30 heteroatoms. The van der Waals surface area contributed by atoms with Gasteiger partial charge in [0.05, 0.1) is 44.6 Å². The summed E-state index contributed by atoms with van der Waals surface area (Å²) in [6, 6.07) is 12.4. The number of fused-ring (bicyclic) bond motifs is 4. The maximum Gasteiger partial charge on any atom is 0.389 e. The number of ether oxygens (including phenoxy) is 4. The highest BCUT2D eigenvalue weighted by molar-refractivity contribution is 8.54. The number of alkyl halides is 2. The van der Waals surface area contributed by atoms with Gasteiger partial charge >= 0.3 is 12.8 Å². The summed E-state index contributed by atoms with van der Waals surface area (Å²) in [5, 5.41) is 3.40. The molecule has 4 aromatic heterocycles. The van der Waals surface area contributed by atoms with Gasteiger partial charge in [-0.05, 0) is 58.9 Å². The fourth-order valence-corrected chi connectivity index (χ4v) is 11.8. The molecule has 0 bridgehead atoms. The number of nitrogens with zero attached hydrogens (tertiary/aromatic N) is 11. The number of nitrogen functional groups attached to an aromatic ring is 2. The van der Waals surface area contributed by atoms with E-state index >= 15 is 8.78 Å². The molecule has 3 aliphatic rings. The molecule has 0 saturated carbocycles. The Kier molecular flexibility index (Phi) is 13.0. The molecular weight excluding hydrogens is 933 g/mol. The highest BCUT2D eigenvalue weighted by Gasteiger charge is 2.54. The van der Waals surface area contributed by atoms with Gasteiger partial charge in [0.2, 0.25) is 0 Å². The number of carbonyl (C=O) groups is 1. The maximum absolute atomic E-state index is 16.9. The lowest BCUT2D eigenvalue weighted by Gasteiger charge is -2.30. The smallest absolute Gasteiger partial charge is 0.389 e. The molecule has 3 aliphatic heterocycles. The Balaban J connectivity index is 0.956. The maximum atomic E-state index is 16.9. The van der Waals surface area contributed by atoms with Gasteiger partial charge < -0.3 is 39.5 Å². The number of nitrogens with two attached hydrogens (primary N) is 2. The number of imidazole rings is 2. The number of aromatic nitrogens is 8. The molecule has 4 N–H and O–H groups in total. The normalized spacial score (nSPS) is 29.0. The van der Waals surface area contributed by atoms with E-state index in [4.69, 9.17) is 54.0 Å². The Morgan fingerprint density at radius 2 is 1.39 bits per heavy atom. The lowest BCUT2D eigenvalue weighted by atomic mass is 10.1. The Labute approximate surface area is 375 Å². The quantitative estimate of drug-likeness (QED) is 0.0257. The molecule has 6 aromatic rings. The van der Waals surface area contributed by atoms with Crippen LogP contribution in [0.15, 0.2) is 79.0 Å². The summed E-state index contributed by atoms with van der Waals surface area (Å²) in [4.78, 5) is 40.1. The largest absolute Gasteiger partial charge is 0.493 e. The third kappa shape index (κ3) is 9.42. The van der Waals surface area contributed by atoms with E-state index in [1.54, 1.807) is 24.3 Å². The number of hydrogen-bond donors (Lipinski definition) is 2. The van der Waals surface area contributed by atoms with E-state index in [1.807, 2.05) is 0 Å². The number of halogens is 2. The highest BCUT2D eigenvalue weighted by atomic mass is 32.7. The van der Waals surface area contributed by atoms with Crippen molar-refractivity contribution < 1.29 is 59.7 Å². The molecule has 0 spiro atoms. The lowest BCUT2D eigenvalue weighted by molar-refractivity contribution is -0.0546. The summed E-state index contributed by atoms with van der Waals surface area (Å²) in [7, 11) is -3.10. The SMILES string of the molecule is B[P@]1(=O)OC[C@H]2O[C@@H](n3cnc4c(N)ncnc43)[C@H](F)[C@@H]2O[P@@](=O)(SCc2ccc(OC(=O)c3ccc(OCCN=[N+]=[N-])cc3)cc2)OC[C@H]2O[C@@H](n3cnc4c(N)ncnc43)[C@H](F)[C@@H]2O1. The van der Waals surface area contributed by atoms with Crippen LogP contribution in [0, 0.1) is 0 Å². The van der Waals surface area contributed by atoms with Gasteiger partial charge in [-0.3, -0.25) is 22.7 Å². The summed E-state index contributed by atoms with van der Waals surface area (Å²) in [5.74, 6) is 0.00396. The molecule has 66 heavy (non-hydrogen) atoms. The van der Waals surface area contributed by atoms with Crippen molar-refractivity contribution in [3.8, 4) is 11.5 Å². The van der Waals surface area contributed by atoms with E-state index in [0.717, 1.165) is 20.2 Å². The fraction of sp³-hybridized carbons (Fsp3) is 0.361. The van der Waals surface area contributed by atoms with Crippen LogP contribution < -0.4 is 20.9 Å². The molecule has 2 aromatic carbocycles. The van der Waals surface area contributed by atoms with Crippen LogP contribution in [0.4, 0.5) is 20.4 Å².